The van der Waals surface area contributed by atoms with Gasteiger partial charge in [-0.25, -0.2) is 0 Å². The maximum Gasteiger partial charge on any atom is 0.429 e. The van der Waals surface area contributed by atoms with Crippen LogP contribution in [0.2, 0.25) is 0 Å². The molecular weight excluding hydrogens is 231 g/mol. The van der Waals surface area contributed by atoms with Crippen LogP contribution in [0.5, 0.6) is 5.75 Å². The van der Waals surface area contributed by atoms with Gasteiger partial charge in [-0.2, -0.15) is 13.2 Å². The van der Waals surface area contributed by atoms with Gasteiger partial charge in [0, 0.05) is 11.3 Å². The van der Waals surface area contributed by atoms with Crippen molar-refractivity contribution >= 4 is 11.8 Å². The molecule has 2 rings (SSSR count). The van der Waals surface area contributed by atoms with E-state index in [-0.39, 0.29) is 17.7 Å². The second-order valence-electron chi connectivity index (χ2n) is 3.81. The zero-order valence-corrected chi connectivity index (χ0v) is 8.92. The molecule has 1 aliphatic rings. The Balaban J connectivity index is 2.45. The first-order valence-corrected chi connectivity index (χ1v) is 5.04. The summed E-state index contributed by atoms with van der Waals surface area (Å²) in [5.41, 5.74) is 6.72. The second-order valence-corrected chi connectivity index (χ2v) is 3.81. The Labute approximate surface area is 96.9 Å². The van der Waals surface area contributed by atoms with Gasteiger partial charge in [0.1, 0.15) is 5.75 Å². The van der Waals surface area contributed by atoms with E-state index in [4.69, 9.17) is 10.5 Å². The van der Waals surface area contributed by atoms with E-state index in [2.05, 4.69) is 6.92 Å². The molecule has 91 valence electrons. The Morgan fingerprint density at radius 1 is 1.35 bits per heavy atom. The van der Waals surface area contributed by atoms with Gasteiger partial charge in [-0.3, -0.25) is 0 Å². The van der Waals surface area contributed by atoms with E-state index in [0.29, 0.717) is 11.3 Å². The maximum atomic E-state index is 12.7. The molecule has 0 saturated carbocycles. The Bertz CT molecular complexity index is 465. The van der Waals surface area contributed by atoms with E-state index in [9.17, 15) is 13.2 Å². The summed E-state index contributed by atoms with van der Waals surface area (Å²) < 4.78 is 43.2. The largest absolute Gasteiger partial charge is 0.476 e. The highest BCUT2D eigenvalue weighted by atomic mass is 19.4. The molecule has 1 aliphatic heterocycles. The quantitative estimate of drug-likeness (QED) is 0.767. The molecule has 1 heterocycles. The number of anilines is 1. The Morgan fingerprint density at radius 2 is 2.06 bits per heavy atom. The molecule has 2 nitrogen and oxygen atoms in total. The number of rotatable bonds is 1. The van der Waals surface area contributed by atoms with Crippen molar-refractivity contribution in [3.05, 3.63) is 36.3 Å². The van der Waals surface area contributed by atoms with Crippen LogP contribution in [-0.2, 0) is 0 Å². The average molecular weight is 242 g/mol. The highest BCUT2D eigenvalue weighted by Crippen LogP contribution is 2.38. The van der Waals surface area contributed by atoms with Crippen LogP contribution in [0.1, 0.15) is 12.0 Å². The predicted octanol–water partition coefficient (Wildman–Crippen LogP) is 3.20. The van der Waals surface area contributed by atoms with Crippen LogP contribution in [0.4, 0.5) is 18.9 Å². The third kappa shape index (κ3) is 2.23. The first kappa shape index (κ1) is 11.8. The van der Waals surface area contributed by atoms with Crippen molar-refractivity contribution in [1.29, 1.82) is 0 Å². The fraction of sp³-hybridized carbons (Fsp3) is 0.250. The highest BCUT2D eigenvalue weighted by Gasteiger charge is 2.45. The van der Waals surface area contributed by atoms with Crippen molar-refractivity contribution in [3.8, 4) is 5.75 Å². The molecule has 0 saturated heterocycles. The maximum absolute atomic E-state index is 12.7. The summed E-state index contributed by atoms with van der Waals surface area (Å²) >= 11 is 0. The number of hydrogen-bond acceptors (Lipinski definition) is 2. The van der Waals surface area contributed by atoms with E-state index in [0.717, 1.165) is 0 Å². The lowest BCUT2D eigenvalue weighted by Gasteiger charge is -2.28. The van der Waals surface area contributed by atoms with Crippen LogP contribution in [0.3, 0.4) is 0 Å². The Hall–Kier alpha value is -1.65. The van der Waals surface area contributed by atoms with Crippen LogP contribution in [0, 0.1) is 6.92 Å². The van der Waals surface area contributed by atoms with E-state index >= 15 is 0 Å². The summed E-state index contributed by atoms with van der Waals surface area (Å²) in [7, 11) is 0. The first-order valence-electron chi connectivity index (χ1n) is 5.04. The molecule has 0 amide bonds. The van der Waals surface area contributed by atoms with Crippen molar-refractivity contribution in [3.63, 3.8) is 0 Å². The van der Waals surface area contributed by atoms with E-state index < -0.39 is 12.3 Å². The topological polar surface area (TPSA) is 35.2 Å². The van der Waals surface area contributed by atoms with E-state index in [1.54, 1.807) is 6.07 Å². The molecule has 1 aromatic carbocycles. The minimum atomic E-state index is -4.43. The standard InChI is InChI=1S/C12H11F3NO/c1-2-7-5-8-6-9(16)3-4-10(8)17-11(7)12(13,14)15/h3-6,11H,1-2,16H2. The van der Waals surface area contributed by atoms with Crippen LogP contribution in [-0.4, -0.2) is 12.3 Å². The molecule has 1 atom stereocenters. The highest BCUT2D eigenvalue weighted by molar-refractivity contribution is 5.67. The summed E-state index contributed by atoms with van der Waals surface area (Å²) in [5.74, 6) is 0.193. The van der Waals surface area contributed by atoms with Gasteiger partial charge < -0.3 is 10.5 Å². The van der Waals surface area contributed by atoms with Crippen LogP contribution in [0.15, 0.2) is 23.8 Å². The summed E-state index contributed by atoms with van der Waals surface area (Å²) in [4.78, 5) is 0. The van der Waals surface area contributed by atoms with Gasteiger partial charge in [-0.05, 0) is 43.2 Å². The first-order chi connectivity index (χ1) is 7.91. The number of benzene rings is 1. The van der Waals surface area contributed by atoms with Crippen LogP contribution in [0.25, 0.3) is 6.08 Å². The molecule has 0 aromatic heterocycles. The third-order valence-corrected chi connectivity index (χ3v) is 2.54. The predicted molar refractivity (Wildman–Crippen MR) is 59.3 cm³/mol. The molecule has 1 radical (unpaired) electrons. The lowest BCUT2D eigenvalue weighted by atomic mass is 9.99. The summed E-state index contributed by atoms with van der Waals surface area (Å²) in [6.45, 7) is 3.49. The third-order valence-electron chi connectivity index (χ3n) is 2.54. The smallest absolute Gasteiger partial charge is 0.429 e. The Kier molecular flexibility index (Phi) is 2.77. The molecular formula is C12H11F3NO. The molecule has 1 aromatic rings. The second kappa shape index (κ2) is 3.98. The van der Waals surface area contributed by atoms with E-state index in [1.807, 2.05) is 0 Å². The Morgan fingerprint density at radius 3 is 2.65 bits per heavy atom. The molecule has 1 unspecified atom stereocenters. The summed E-state index contributed by atoms with van der Waals surface area (Å²) in [5, 5.41) is 0. The van der Waals surface area contributed by atoms with Crippen molar-refractivity contribution in [1.82, 2.24) is 0 Å². The molecule has 0 aliphatic carbocycles. The van der Waals surface area contributed by atoms with Crippen molar-refractivity contribution < 1.29 is 17.9 Å². The van der Waals surface area contributed by atoms with Gasteiger partial charge in [0.2, 0.25) is 6.10 Å². The molecule has 5 heteroatoms. The number of fused-ring (bicyclic) bond motifs is 1. The zero-order valence-electron chi connectivity index (χ0n) is 8.92. The van der Waals surface area contributed by atoms with Gasteiger partial charge in [0.15, 0.2) is 0 Å². The molecule has 0 bridgehead atoms. The van der Waals surface area contributed by atoms with Crippen molar-refractivity contribution in [2.24, 2.45) is 0 Å². The lowest BCUT2D eigenvalue weighted by molar-refractivity contribution is -0.184. The fourth-order valence-corrected chi connectivity index (χ4v) is 1.75. The number of ether oxygens (including phenoxy) is 1. The molecule has 2 N–H and O–H groups in total. The number of hydrogen-bond donors (Lipinski definition) is 1. The van der Waals surface area contributed by atoms with Gasteiger partial charge in [0.05, 0.1) is 0 Å². The van der Waals surface area contributed by atoms with Gasteiger partial charge in [-0.1, -0.05) is 0 Å². The molecule has 0 fully saturated rings. The van der Waals surface area contributed by atoms with Gasteiger partial charge >= 0.3 is 6.18 Å². The minimum absolute atomic E-state index is 0.0401. The normalized spacial score (nSPS) is 19.3. The zero-order chi connectivity index (χ0) is 12.6. The SMILES string of the molecule is [CH2]CC1=Cc2cc(N)ccc2OC1C(F)(F)F. The minimum Gasteiger partial charge on any atom is -0.476 e. The summed E-state index contributed by atoms with van der Waals surface area (Å²) in [6.07, 6.45) is -4.85. The van der Waals surface area contributed by atoms with Crippen LogP contribution < -0.4 is 10.5 Å². The average Bonchev–Trinajstić information content (AvgIpc) is 2.25. The number of alkyl halides is 3. The number of nitrogens with two attached hydrogens (primary N) is 1. The lowest BCUT2D eigenvalue weighted by Crippen LogP contribution is -2.37. The van der Waals surface area contributed by atoms with Gasteiger partial charge in [0.25, 0.3) is 0 Å². The van der Waals surface area contributed by atoms with Crippen molar-refractivity contribution in [2.75, 3.05) is 5.73 Å². The molecule has 17 heavy (non-hydrogen) atoms. The van der Waals surface area contributed by atoms with Crippen LogP contribution >= 0.6 is 0 Å². The van der Waals surface area contributed by atoms with Crippen molar-refractivity contribution in [2.45, 2.75) is 18.7 Å². The fourth-order valence-electron chi connectivity index (χ4n) is 1.75. The monoisotopic (exact) mass is 242 g/mol. The molecule has 0 spiro atoms. The van der Waals surface area contributed by atoms with E-state index in [1.165, 1.54) is 18.2 Å². The summed E-state index contributed by atoms with van der Waals surface area (Å²) in [6, 6.07) is 4.53. The van der Waals surface area contributed by atoms with Gasteiger partial charge in [-0.15, -0.1) is 0 Å². The number of halogens is 3. The number of nitrogen functional groups attached to an aromatic ring is 1.